The van der Waals surface area contributed by atoms with Gasteiger partial charge in [-0.05, 0) is 34.7 Å². The zero-order valence-electron chi connectivity index (χ0n) is 15.5. The van der Waals surface area contributed by atoms with Crippen molar-refractivity contribution < 1.29 is 4.79 Å². The van der Waals surface area contributed by atoms with Crippen molar-refractivity contribution in [3.8, 4) is 0 Å². The molecule has 138 valence electrons. The number of hydrogen-bond donors (Lipinski definition) is 0. The van der Waals surface area contributed by atoms with Crippen LogP contribution in [0.1, 0.15) is 36.0 Å². The number of halogens is 1. The lowest BCUT2D eigenvalue weighted by Crippen LogP contribution is -2.22. The largest absolute Gasteiger partial charge is 0.363 e. The van der Waals surface area contributed by atoms with Gasteiger partial charge in [-0.2, -0.15) is 0 Å². The molecule has 1 atom stereocenters. The van der Waals surface area contributed by atoms with E-state index in [1.807, 2.05) is 25.1 Å². The van der Waals surface area contributed by atoms with Crippen LogP contribution < -0.4 is 4.90 Å². The molecule has 0 aromatic heterocycles. The molecule has 0 saturated heterocycles. The van der Waals surface area contributed by atoms with E-state index in [-0.39, 0.29) is 5.92 Å². The fourth-order valence-electron chi connectivity index (χ4n) is 3.23. The Hall–Kier alpha value is -2.58. The molecule has 0 N–H and O–H groups in total. The SMILES string of the molecule is C[C@H](CC=O)c1ccc(N(Cc2ccccc2)Cc2ccccc2)cc1Cl. The van der Waals surface area contributed by atoms with Crippen molar-refractivity contribution in [3.63, 3.8) is 0 Å². The number of rotatable bonds is 8. The lowest BCUT2D eigenvalue weighted by molar-refractivity contribution is -0.108. The molecule has 0 saturated carbocycles. The first-order valence-electron chi connectivity index (χ1n) is 9.23. The van der Waals surface area contributed by atoms with Gasteiger partial charge in [-0.15, -0.1) is 0 Å². The summed E-state index contributed by atoms with van der Waals surface area (Å²) in [7, 11) is 0. The number of anilines is 1. The van der Waals surface area contributed by atoms with Gasteiger partial charge in [0.05, 0.1) is 0 Å². The van der Waals surface area contributed by atoms with Crippen LogP contribution in [0, 0.1) is 0 Å². The minimum absolute atomic E-state index is 0.126. The zero-order chi connectivity index (χ0) is 19.1. The molecule has 0 aliphatic rings. The Morgan fingerprint density at radius 1 is 0.889 bits per heavy atom. The van der Waals surface area contributed by atoms with Gasteiger partial charge in [0.1, 0.15) is 6.29 Å². The second-order valence-electron chi connectivity index (χ2n) is 6.84. The summed E-state index contributed by atoms with van der Waals surface area (Å²) in [6, 6.07) is 27.0. The Labute approximate surface area is 166 Å². The Kier molecular flexibility index (Phi) is 6.67. The summed E-state index contributed by atoms with van der Waals surface area (Å²) in [6.07, 6.45) is 1.43. The Morgan fingerprint density at radius 2 is 1.44 bits per heavy atom. The number of carbonyl (C=O) groups excluding carboxylic acids is 1. The average molecular weight is 378 g/mol. The summed E-state index contributed by atoms with van der Waals surface area (Å²) in [5.74, 6) is 0.126. The van der Waals surface area contributed by atoms with Gasteiger partial charge in [0.2, 0.25) is 0 Å². The third-order valence-electron chi connectivity index (χ3n) is 4.76. The number of nitrogens with zero attached hydrogens (tertiary/aromatic N) is 1. The summed E-state index contributed by atoms with van der Waals surface area (Å²) in [6.45, 7) is 3.63. The fourth-order valence-corrected chi connectivity index (χ4v) is 3.59. The highest BCUT2D eigenvalue weighted by Crippen LogP contribution is 2.31. The lowest BCUT2D eigenvalue weighted by atomic mass is 9.98. The number of benzene rings is 3. The van der Waals surface area contributed by atoms with E-state index in [4.69, 9.17) is 11.6 Å². The Bertz CT molecular complexity index is 823. The quantitative estimate of drug-likeness (QED) is 0.433. The molecule has 3 aromatic carbocycles. The predicted molar refractivity (Wildman–Crippen MR) is 113 cm³/mol. The average Bonchev–Trinajstić information content (AvgIpc) is 2.69. The number of aldehydes is 1. The monoisotopic (exact) mass is 377 g/mol. The van der Waals surface area contributed by atoms with Gasteiger partial charge in [-0.3, -0.25) is 0 Å². The Morgan fingerprint density at radius 3 is 1.93 bits per heavy atom. The van der Waals surface area contributed by atoms with Gasteiger partial charge >= 0.3 is 0 Å². The molecule has 27 heavy (non-hydrogen) atoms. The standard InChI is InChI=1S/C24H24ClNO/c1-19(14-15-27)23-13-12-22(16-24(23)25)26(17-20-8-4-2-5-9-20)18-21-10-6-3-7-11-21/h2-13,15-16,19H,14,17-18H2,1H3/t19-/m1/s1. The van der Waals surface area contributed by atoms with Crippen LogP contribution in [0.4, 0.5) is 5.69 Å². The van der Waals surface area contributed by atoms with Gasteiger partial charge in [-0.25, -0.2) is 0 Å². The van der Waals surface area contributed by atoms with Crippen molar-refractivity contribution >= 4 is 23.6 Å². The smallest absolute Gasteiger partial charge is 0.120 e. The normalized spacial score (nSPS) is 11.8. The van der Waals surface area contributed by atoms with E-state index in [9.17, 15) is 4.79 Å². The number of carbonyl (C=O) groups is 1. The summed E-state index contributed by atoms with van der Waals surface area (Å²) < 4.78 is 0. The first-order chi connectivity index (χ1) is 13.2. The van der Waals surface area contributed by atoms with Crippen molar-refractivity contribution in [2.75, 3.05) is 4.90 Å². The third kappa shape index (κ3) is 5.21. The molecule has 0 spiro atoms. The summed E-state index contributed by atoms with van der Waals surface area (Å²) in [5.41, 5.74) is 4.60. The van der Waals surface area contributed by atoms with Crippen LogP contribution >= 0.6 is 11.6 Å². The van der Waals surface area contributed by atoms with Crippen LogP contribution in [0.5, 0.6) is 0 Å². The molecule has 3 rings (SSSR count). The molecule has 0 unspecified atom stereocenters. The molecular weight excluding hydrogens is 354 g/mol. The molecule has 3 aromatic rings. The van der Waals surface area contributed by atoms with Crippen LogP contribution in [-0.2, 0) is 17.9 Å². The van der Waals surface area contributed by atoms with Gasteiger partial charge in [0.25, 0.3) is 0 Å². The maximum atomic E-state index is 10.8. The van der Waals surface area contributed by atoms with E-state index in [1.165, 1.54) is 11.1 Å². The molecular formula is C24H24ClNO. The van der Waals surface area contributed by atoms with E-state index in [2.05, 4.69) is 65.6 Å². The van der Waals surface area contributed by atoms with Crippen molar-refractivity contribution in [2.45, 2.75) is 32.4 Å². The highest BCUT2D eigenvalue weighted by Gasteiger charge is 2.14. The fraction of sp³-hybridized carbons (Fsp3) is 0.208. The molecule has 0 bridgehead atoms. The molecule has 0 aliphatic carbocycles. The van der Waals surface area contributed by atoms with E-state index in [0.717, 1.165) is 30.6 Å². The second kappa shape index (κ2) is 9.38. The lowest BCUT2D eigenvalue weighted by Gasteiger charge is -2.26. The topological polar surface area (TPSA) is 20.3 Å². The first-order valence-corrected chi connectivity index (χ1v) is 9.61. The predicted octanol–water partition coefficient (Wildman–Crippen LogP) is 6.24. The van der Waals surface area contributed by atoms with Crippen LogP contribution in [0.25, 0.3) is 0 Å². The molecule has 0 radical (unpaired) electrons. The van der Waals surface area contributed by atoms with Gasteiger partial charge in [0.15, 0.2) is 0 Å². The highest BCUT2D eigenvalue weighted by molar-refractivity contribution is 6.31. The van der Waals surface area contributed by atoms with Crippen molar-refractivity contribution in [3.05, 3.63) is 101 Å². The van der Waals surface area contributed by atoms with Crippen molar-refractivity contribution in [2.24, 2.45) is 0 Å². The molecule has 0 aliphatic heterocycles. The zero-order valence-corrected chi connectivity index (χ0v) is 16.3. The summed E-state index contributed by atoms with van der Waals surface area (Å²) in [5, 5.41) is 0.716. The maximum absolute atomic E-state index is 10.8. The van der Waals surface area contributed by atoms with Crippen LogP contribution in [0.3, 0.4) is 0 Å². The van der Waals surface area contributed by atoms with Gasteiger partial charge in [-0.1, -0.05) is 85.3 Å². The van der Waals surface area contributed by atoms with E-state index in [1.54, 1.807) is 0 Å². The first kappa shape index (κ1) is 19.2. The molecule has 0 amide bonds. The van der Waals surface area contributed by atoms with Gasteiger partial charge in [0, 0.05) is 30.2 Å². The van der Waals surface area contributed by atoms with Crippen molar-refractivity contribution in [1.82, 2.24) is 0 Å². The van der Waals surface area contributed by atoms with Crippen LogP contribution in [-0.4, -0.2) is 6.29 Å². The molecule has 3 heteroatoms. The highest BCUT2D eigenvalue weighted by atomic mass is 35.5. The number of hydrogen-bond acceptors (Lipinski definition) is 2. The van der Waals surface area contributed by atoms with E-state index < -0.39 is 0 Å². The van der Waals surface area contributed by atoms with Crippen LogP contribution in [0.2, 0.25) is 5.02 Å². The molecule has 0 fully saturated rings. The second-order valence-corrected chi connectivity index (χ2v) is 7.24. The molecule has 0 heterocycles. The van der Waals surface area contributed by atoms with Crippen molar-refractivity contribution in [1.29, 1.82) is 0 Å². The molecule has 2 nitrogen and oxygen atoms in total. The van der Waals surface area contributed by atoms with Crippen LogP contribution in [0.15, 0.2) is 78.9 Å². The van der Waals surface area contributed by atoms with Gasteiger partial charge < -0.3 is 9.69 Å². The maximum Gasteiger partial charge on any atom is 0.120 e. The summed E-state index contributed by atoms with van der Waals surface area (Å²) >= 11 is 6.57. The van der Waals surface area contributed by atoms with E-state index >= 15 is 0 Å². The van der Waals surface area contributed by atoms with E-state index in [0.29, 0.717) is 11.4 Å². The third-order valence-corrected chi connectivity index (χ3v) is 5.09. The minimum atomic E-state index is 0.126. The minimum Gasteiger partial charge on any atom is -0.363 e. The summed E-state index contributed by atoms with van der Waals surface area (Å²) in [4.78, 5) is 13.2. The Balaban J connectivity index is 1.89.